The molecule has 0 N–H and O–H groups in total. The van der Waals surface area contributed by atoms with Crippen LogP contribution < -0.4 is 9.64 Å². The standard InChI is InChI=1S/C23H33N5O/c1-4-26-11-13-28(14-12-26)23-24-15-20-17-27(10-9-22(20)25-23)16-19-5-7-21(8-6-19)29-18(2)3/h5-8,15,18H,4,9-14,16-17H2,1-3H3. The Morgan fingerprint density at radius 3 is 2.45 bits per heavy atom. The van der Waals surface area contributed by atoms with Gasteiger partial charge in [-0.25, -0.2) is 9.97 Å². The van der Waals surface area contributed by atoms with Gasteiger partial charge in [-0.15, -0.1) is 0 Å². The number of piperazine rings is 1. The molecule has 6 heteroatoms. The largest absolute Gasteiger partial charge is 0.491 e. The predicted molar refractivity (Wildman–Crippen MR) is 116 cm³/mol. The minimum atomic E-state index is 0.208. The Morgan fingerprint density at radius 2 is 1.76 bits per heavy atom. The molecule has 0 spiro atoms. The maximum atomic E-state index is 5.74. The molecular weight excluding hydrogens is 362 g/mol. The molecule has 1 saturated heterocycles. The Kier molecular flexibility index (Phi) is 6.31. The van der Waals surface area contributed by atoms with Crippen LogP contribution in [0.25, 0.3) is 0 Å². The molecule has 0 amide bonds. The van der Waals surface area contributed by atoms with Gasteiger partial charge in [0, 0.05) is 64.0 Å². The summed E-state index contributed by atoms with van der Waals surface area (Å²) in [6, 6.07) is 8.48. The second-order valence-electron chi connectivity index (χ2n) is 8.33. The van der Waals surface area contributed by atoms with E-state index >= 15 is 0 Å². The number of ether oxygens (including phenoxy) is 1. The molecule has 2 aromatic rings. The van der Waals surface area contributed by atoms with Crippen LogP contribution in [0.4, 0.5) is 5.95 Å². The zero-order valence-corrected chi connectivity index (χ0v) is 18.0. The van der Waals surface area contributed by atoms with Gasteiger partial charge in [0.25, 0.3) is 0 Å². The quantitative estimate of drug-likeness (QED) is 0.749. The highest BCUT2D eigenvalue weighted by molar-refractivity contribution is 5.35. The molecule has 1 aromatic carbocycles. The summed E-state index contributed by atoms with van der Waals surface area (Å²) in [5.41, 5.74) is 3.81. The van der Waals surface area contributed by atoms with Crippen LogP contribution in [-0.4, -0.2) is 65.1 Å². The first-order chi connectivity index (χ1) is 14.1. The average molecular weight is 396 g/mol. The van der Waals surface area contributed by atoms with Crippen LogP contribution in [0, 0.1) is 0 Å². The Bertz CT molecular complexity index is 799. The van der Waals surface area contributed by atoms with Crippen molar-refractivity contribution in [3.05, 3.63) is 47.3 Å². The number of rotatable bonds is 6. The van der Waals surface area contributed by atoms with Crippen molar-refractivity contribution in [3.8, 4) is 5.75 Å². The van der Waals surface area contributed by atoms with E-state index in [1.807, 2.05) is 0 Å². The van der Waals surface area contributed by atoms with Crippen LogP contribution in [0.2, 0.25) is 0 Å². The highest BCUT2D eigenvalue weighted by Gasteiger charge is 2.22. The third kappa shape index (κ3) is 5.06. The molecule has 156 valence electrons. The maximum Gasteiger partial charge on any atom is 0.225 e. The number of hydrogen-bond acceptors (Lipinski definition) is 6. The second kappa shape index (κ2) is 9.09. The molecule has 6 nitrogen and oxygen atoms in total. The number of nitrogens with zero attached hydrogens (tertiary/aromatic N) is 5. The van der Waals surface area contributed by atoms with Gasteiger partial charge in [-0.3, -0.25) is 4.90 Å². The lowest BCUT2D eigenvalue weighted by Crippen LogP contribution is -2.47. The minimum absolute atomic E-state index is 0.208. The zero-order chi connectivity index (χ0) is 20.2. The summed E-state index contributed by atoms with van der Waals surface area (Å²) in [6.45, 7) is 14.6. The molecular formula is C23H33N5O. The van der Waals surface area contributed by atoms with Gasteiger partial charge < -0.3 is 14.5 Å². The Hall–Kier alpha value is -2.18. The smallest absolute Gasteiger partial charge is 0.225 e. The van der Waals surface area contributed by atoms with Gasteiger partial charge in [0.05, 0.1) is 11.8 Å². The molecule has 0 saturated carbocycles. The fourth-order valence-corrected chi connectivity index (χ4v) is 4.12. The summed E-state index contributed by atoms with van der Waals surface area (Å²) >= 11 is 0. The molecule has 2 aliphatic heterocycles. The van der Waals surface area contributed by atoms with Crippen LogP contribution >= 0.6 is 0 Å². The van der Waals surface area contributed by atoms with Crippen molar-refractivity contribution >= 4 is 5.95 Å². The Labute approximate surface area is 174 Å². The molecule has 4 rings (SSSR count). The van der Waals surface area contributed by atoms with Crippen molar-refractivity contribution in [2.45, 2.75) is 46.4 Å². The van der Waals surface area contributed by atoms with Gasteiger partial charge in [-0.1, -0.05) is 19.1 Å². The summed E-state index contributed by atoms with van der Waals surface area (Å²) in [5, 5.41) is 0. The molecule has 0 bridgehead atoms. The average Bonchev–Trinajstić information content (AvgIpc) is 2.74. The van der Waals surface area contributed by atoms with Crippen LogP contribution in [0.15, 0.2) is 30.5 Å². The third-order valence-corrected chi connectivity index (χ3v) is 5.80. The summed E-state index contributed by atoms with van der Waals surface area (Å²) in [7, 11) is 0. The predicted octanol–water partition coefficient (Wildman–Crippen LogP) is 2.96. The third-order valence-electron chi connectivity index (χ3n) is 5.80. The van der Waals surface area contributed by atoms with E-state index in [4.69, 9.17) is 14.7 Å². The lowest BCUT2D eigenvalue weighted by atomic mass is 10.1. The molecule has 29 heavy (non-hydrogen) atoms. The molecule has 1 aromatic heterocycles. The molecule has 1 fully saturated rings. The number of benzene rings is 1. The number of fused-ring (bicyclic) bond motifs is 1. The summed E-state index contributed by atoms with van der Waals surface area (Å²) in [4.78, 5) is 16.9. The molecule has 3 heterocycles. The molecule has 0 atom stereocenters. The van der Waals surface area contributed by atoms with Gasteiger partial charge >= 0.3 is 0 Å². The first kappa shape index (κ1) is 20.1. The minimum Gasteiger partial charge on any atom is -0.491 e. The highest BCUT2D eigenvalue weighted by atomic mass is 16.5. The van der Waals surface area contributed by atoms with Gasteiger partial charge in [-0.2, -0.15) is 0 Å². The van der Waals surface area contributed by atoms with Crippen LogP contribution in [-0.2, 0) is 19.5 Å². The topological polar surface area (TPSA) is 44.7 Å². The van der Waals surface area contributed by atoms with Gasteiger partial charge in [0.2, 0.25) is 5.95 Å². The van der Waals surface area contributed by atoms with Gasteiger partial charge in [-0.05, 0) is 38.1 Å². The fourth-order valence-electron chi connectivity index (χ4n) is 4.12. The monoisotopic (exact) mass is 395 g/mol. The number of aromatic nitrogens is 2. The van der Waals surface area contributed by atoms with E-state index in [0.29, 0.717) is 0 Å². The van der Waals surface area contributed by atoms with Crippen molar-refractivity contribution in [2.75, 3.05) is 44.2 Å². The molecule has 0 unspecified atom stereocenters. The van der Waals surface area contributed by atoms with Crippen molar-refractivity contribution in [2.24, 2.45) is 0 Å². The van der Waals surface area contributed by atoms with Crippen LogP contribution in [0.3, 0.4) is 0 Å². The highest BCUT2D eigenvalue weighted by Crippen LogP contribution is 2.22. The van der Waals surface area contributed by atoms with E-state index in [-0.39, 0.29) is 6.10 Å². The summed E-state index contributed by atoms with van der Waals surface area (Å²) < 4.78 is 5.74. The van der Waals surface area contributed by atoms with E-state index < -0.39 is 0 Å². The van der Waals surface area contributed by atoms with Gasteiger partial charge in [0.1, 0.15) is 5.75 Å². The fraction of sp³-hybridized carbons (Fsp3) is 0.565. The van der Waals surface area contributed by atoms with E-state index in [0.717, 1.165) is 70.5 Å². The maximum absolute atomic E-state index is 5.74. The lowest BCUT2D eigenvalue weighted by molar-refractivity contribution is 0.238. The number of anilines is 1. The Morgan fingerprint density at radius 1 is 1.00 bits per heavy atom. The second-order valence-corrected chi connectivity index (χ2v) is 8.33. The van der Waals surface area contributed by atoms with E-state index in [9.17, 15) is 0 Å². The van der Waals surface area contributed by atoms with Crippen molar-refractivity contribution in [3.63, 3.8) is 0 Å². The molecule has 0 aliphatic carbocycles. The first-order valence-electron chi connectivity index (χ1n) is 10.9. The van der Waals surface area contributed by atoms with E-state index in [1.165, 1.54) is 16.8 Å². The molecule has 0 radical (unpaired) electrons. The number of likely N-dealkylation sites (N-methyl/N-ethyl adjacent to an activating group) is 1. The summed E-state index contributed by atoms with van der Waals surface area (Å²) in [5.74, 6) is 1.85. The normalized spacial score (nSPS) is 18.1. The number of hydrogen-bond donors (Lipinski definition) is 0. The van der Waals surface area contributed by atoms with Gasteiger partial charge in [0.15, 0.2) is 0 Å². The van der Waals surface area contributed by atoms with E-state index in [2.05, 4.69) is 65.9 Å². The first-order valence-corrected chi connectivity index (χ1v) is 10.9. The Balaban J connectivity index is 1.35. The summed E-state index contributed by atoms with van der Waals surface area (Å²) in [6.07, 6.45) is 3.25. The van der Waals surface area contributed by atoms with Crippen LogP contribution in [0.5, 0.6) is 5.75 Å². The SMILES string of the molecule is CCN1CCN(c2ncc3c(n2)CCN(Cc2ccc(OC(C)C)cc2)C3)CC1. The van der Waals surface area contributed by atoms with E-state index in [1.54, 1.807) is 0 Å². The van der Waals surface area contributed by atoms with Crippen molar-refractivity contribution < 1.29 is 4.74 Å². The lowest BCUT2D eigenvalue weighted by Gasteiger charge is -2.35. The zero-order valence-electron chi connectivity index (χ0n) is 18.0. The van der Waals surface area contributed by atoms with Crippen LogP contribution in [0.1, 0.15) is 37.6 Å². The molecule has 2 aliphatic rings. The van der Waals surface area contributed by atoms with Crippen molar-refractivity contribution in [1.82, 2.24) is 19.8 Å². The van der Waals surface area contributed by atoms with Crippen molar-refractivity contribution in [1.29, 1.82) is 0 Å².